The molecule has 1 fully saturated rings. The van der Waals surface area contributed by atoms with E-state index in [2.05, 4.69) is 121 Å². The lowest BCUT2D eigenvalue weighted by Gasteiger charge is -2.52. The van der Waals surface area contributed by atoms with E-state index in [4.69, 9.17) is 0 Å². The number of nitrogens with one attached hydrogen (secondary N) is 1. The number of rotatable bonds is 6. The van der Waals surface area contributed by atoms with Gasteiger partial charge in [-0.1, -0.05) is 90.5 Å². The summed E-state index contributed by atoms with van der Waals surface area (Å²) in [6, 6.07) is 29.8. The van der Waals surface area contributed by atoms with E-state index in [-0.39, 0.29) is 17.4 Å². The van der Waals surface area contributed by atoms with E-state index in [0.29, 0.717) is 13.0 Å². The third kappa shape index (κ3) is 4.38. The Balaban J connectivity index is 1.57. The number of fused-ring (bicyclic) bond motifs is 1. The van der Waals surface area contributed by atoms with Gasteiger partial charge in [-0.25, -0.2) is 5.43 Å². The molecule has 2 heterocycles. The van der Waals surface area contributed by atoms with E-state index in [1.807, 2.05) is 0 Å². The molecule has 4 heteroatoms. The molecule has 2 aliphatic heterocycles. The Hall–Kier alpha value is -3.37. The van der Waals surface area contributed by atoms with Crippen LogP contribution in [0.1, 0.15) is 48.6 Å². The zero-order chi connectivity index (χ0) is 23.7. The minimum atomic E-state index is -0.130. The van der Waals surface area contributed by atoms with Crippen molar-refractivity contribution >= 4 is 5.78 Å². The first-order valence-corrected chi connectivity index (χ1v) is 12.1. The summed E-state index contributed by atoms with van der Waals surface area (Å²) in [5.74, 6) is 1.22. The molecule has 2 aliphatic rings. The SMILES string of the molecule is Cc1ccc(CC(=O)C2=C3N(Cc4ccccc4)C(c4ccccc4)CC(C)(C)N3NC2)cc1. The second kappa shape index (κ2) is 9.11. The molecule has 0 spiro atoms. The fourth-order valence-corrected chi connectivity index (χ4v) is 5.23. The molecular weight excluding hydrogens is 418 g/mol. The number of nitrogens with zero attached hydrogens (tertiary/aromatic N) is 2. The molecule has 3 aromatic carbocycles. The number of hydrogen-bond acceptors (Lipinski definition) is 4. The summed E-state index contributed by atoms with van der Waals surface area (Å²) in [6.07, 6.45) is 1.38. The van der Waals surface area contributed by atoms with Crippen molar-refractivity contribution in [3.63, 3.8) is 0 Å². The van der Waals surface area contributed by atoms with Crippen LogP contribution >= 0.6 is 0 Å². The van der Waals surface area contributed by atoms with Gasteiger partial charge in [-0.15, -0.1) is 0 Å². The van der Waals surface area contributed by atoms with E-state index in [0.717, 1.165) is 29.9 Å². The molecule has 1 unspecified atom stereocenters. The second-order valence-electron chi connectivity index (χ2n) is 10.1. The Morgan fingerprint density at radius 1 is 0.912 bits per heavy atom. The fraction of sp³-hybridized carbons (Fsp3) is 0.300. The largest absolute Gasteiger partial charge is 0.345 e. The first-order valence-electron chi connectivity index (χ1n) is 12.1. The minimum absolute atomic E-state index is 0.130. The van der Waals surface area contributed by atoms with E-state index in [1.165, 1.54) is 16.7 Å². The minimum Gasteiger partial charge on any atom is -0.345 e. The average Bonchev–Trinajstić information content (AvgIpc) is 3.30. The van der Waals surface area contributed by atoms with Crippen molar-refractivity contribution in [2.24, 2.45) is 0 Å². The van der Waals surface area contributed by atoms with Gasteiger partial charge in [0, 0.05) is 19.5 Å². The molecule has 34 heavy (non-hydrogen) atoms. The maximum atomic E-state index is 13.7. The van der Waals surface area contributed by atoms with Crippen molar-refractivity contribution < 1.29 is 4.79 Å². The van der Waals surface area contributed by atoms with Crippen LogP contribution in [0.4, 0.5) is 0 Å². The Morgan fingerprint density at radius 3 is 2.24 bits per heavy atom. The molecule has 5 rings (SSSR count). The van der Waals surface area contributed by atoms with Gasteiger partial charge in [0.05, 0.1) is 17.2 Å². The van der Waals surface area contributed by atoms with Crippen molar-refractivity contribution in [2.75, 3.05) is 6.54 Å². The van der Waals surface area contributed by atoms with Gasteiger partial charge < -0.3 is 4.90 Å². The molecule has 0 aromatic heterocycles. The summed E-state index contributed by atoms with van der Waals surface area (Å²) < 4.78 is 0. The summed E-state index contributed by atoms with van der Waals surface area (Å²) in [6.45, 7) is 7.93. The third-order valence-electron chi connectivity index (χ3n) is 7.04. The van der Waals surface area contributed by atoms with Crippen LogP contribution in [0.25, 0.3) is 0 Å². The van der Waals surface area contributed by atoms with Gasteiger partial charge in [0.2, 0.25) is 0 Å². The number of hydrazine groups is 1. The van der Waals surface area contributed by atoms with E-state index >= 15 is 0 Å². The maximum Gasteiger partial charge on any atom is 0.168 e. The number of aryl methyl sites for hydroxylation is 1. The third-order valence-corrected chi connectivity index (χ3v) is 7.04. The maximum absolute atomic E-state index is 13.7. The molecule has 4 nitrogen and oxygen atoms in total. The molecule has 0 aliphatic carbocycles. The quantitative estimate of drug-likeness (QED) is 0.532. The molecule has 0 bridgehead atoms. The number of carbonyl (C=O) groups is 1. The van der Waals surface area contributed by atoms with Crippen LogP contribution in [-0.4, -0.2) is 27.8 Å². The van der Waals surface area contributed by atoms with Crippen LogP contribution in [-0.2, 0) is 17.8 Å². The van der Waals surface area contributed by atoms with Gasteiger partial charge in [-0.05, 0) is 43.9 Å². The predicted molar refractivity (Wildman–Crippen MR) is 137 cm³/mol. The van der Waals surface area contributed by atoms with Crippen LogP contribution in [0, 0.1) is 6.92 Å². The number of Topliss-reactive ketones (excluding diaryl/α,β-unsaturated/α-hetero) is 1. The smallest absolute Gasteiger partial charge is 0.168 e. The van der Waals surface area contributed by atoms with Crippen LogP contribution < -0.4 is 5.43 Å². The molecule has 0 radical (unpaired) electrons. The van der Waals surface area contributed by atoms with Crippen LogP contribution in [0.3, 0.4) is 0 Å². The highest BCUT2D eigenvalue weighted by Gasteiger charge is 2.47. The Kier molecular flexibility index (Phi) is 6.01. The molecule has 1 N–H and O–H groups in total. The van der Waals surface area contributed by atoms with Crippen molar-refractivity contribution in [3.8, 4) is 0 Å². The fourth-order valence-electron chi connectivity index (χ4n) is 5.23. The number of ketones is 1. The second-order valence-corrected chi connectivity index (χ2v) is 10.1. The number of carbonyl (C=O) groups excluding carboxylic acids is 1. The van der Waals surface area contributed by atoms with Crippen LogP contribution in [0.15, 0.2) is 96.3 Å². The Labute approximate surface area is 202 Å². The van der Waals surface area contributed by atoms with Crippen molar-refractivity contribution in [3.05, 3.63) is 119 Å². The summed E-state index contributed by atoms with van der Waals surface area (Å²) in [5.41, 5.74) is 9.11. The van der Waals surface area contributed by atoms with Gasteiger partial charge in [-0.2, -0.15) is 0 Å². The lowest BCUT2D eigenvalue weighted by atomic mass is 9.86. The highest BCUT2D eigenvalue weighted by Crippen LogP contribution is 2.45. The van der Waals surface area contributed by atoms with Gasteiger partial charge in [-0.3, -0.25) is 9.80 Å². The topological polar surface area (TPSA) is 35.6 Å². The first kappa shape index (κ1) is 22.4. The summed E-state index contributed by atoms with van der Waals surface area (Å²) >= 11 is 0. The molecule has 174 valence electrons. The standard InChI is InChI=1S/C30H33N3O/c1-22-14-16-23(17-15-22)18-28(34)26-20-31-33-29(26)32(21-24-10-6-4-7-11-24)27(19-30(33,2)3)25-12-8-5-9-13-25/h4-17,27,31H,18-21H2,1-3H3. The lowest BCUT2D eigenvalue weighted by molar-refractivity contribution is -0.115. The monoisotopic (exact) mass is 451 g/mol. The molecule has 0 saturated carbocycles. The average molecular weight is 452 g/mol. The van der Waals surface area contributed by atoms with Gasteiger partial charge in [0.1, 0.15) is 5.82 Å². The van der Waals surface area contributed by atoms with Crippen molar-refractivity contribution in [1.29, 1.82) is 0 Å². The van der Waals surface area contributed by atoms with E-state index < -0.39 is 0 Å². The van der Waals surface area contributed by atoms with Crippen molar-refractivity contribution in [1.82, 2.24) is 15.3 Å². The first-order chi connectivity index (χ1) is 16.4. The zero-order valence-corrected chi connectivity index (χ0v) is 20.3. The number of hydrogen-bond donors (Lipinski definition) is 1. The van der Waals surface area contributed by atoms with Crippen LogP contribution in [0.2, 0.25) is 0 Å². The van der Waals surface area contributed by atoms with Gasteiger partial charge >= 0.3 is 0 Å². The Bertz CT molecular complexity index is 1180. The molecule has 3 aromatic rings. The number of benzene rings is 3. The summed E-state index contributed by atoms with van der Waals surface area (Å²) in [7, 11) is 0. The lowest BCUT2D eigenvalue weighted by Crippen LogP contribution is -2.57. The zero-order valence-electron chi connectivity index (χ0n) is 20.3. The van der Waals surface area contributed by atoms with Gasteiger partial charge in [0.25, 0.3) is 0 Å². The highest BCUT2D eigenvalue weighted by molar-refractivity contribution is 5.98. The van der Waals surface area contributed by atoms with E-state index in [9.17, 15) is 4.79 Å². The summed E-state index contributed by atoms with van der Waals surface area (Å²) in [5, 5.41) is 2.25. The van der Waals surface area contributed by atoms with Crippen molar-refractivity contribution in [2.45, 2.75) is 51.7 Å². The van der Waals surface area contributed by atoms with Gasteiger partial charge in [0.15, 0.2) is 5.78 Å². The molecular formula is C30H33N3O. The normalized spacial score (nSPS) is 19.3. The van der Waals surface area contributed by atoms with Crippen LogP contribution in [0.5, 0.6) is 0 Å². The predicted octanol–water partition coefficient (Wildman–Crippen LogP) is 5.56. The molecule has 1 atom stereocenters. The Morgan fingerprint density at radius 2 is 1.56 bits per heavy atom. The molecule has 1 saturated heterocycles. The molecule has 0 amide bonds. The highest BCUT2D eigenvalue weighted by atomic mass is 16.1. The van der Waals surface area contributed by atoms with E-state index in [1.54, 1.807) is 0 Å². The summed E-state index contributed by atoms with van der Waals surface area (Å²) in [4.78, 5) is 16.1.